The van der Waals surface area contributed by atoms with Gasteiger partial charge in [-0.25, -0.2) is 8.42 Å². The van der Waals surface area contributed by atoms with E-state index in [0.717, 1.165) is 27.1 Å². The minimum atomic E-state index is -3.73. The lowest BCUT2D eigenvalue weighted by atomic mass is 10.0. The van der Waals surface area contributed by atoms with Gasteiger partial charge in [0.1, 0.15) is 0 Å². The lowest BCUT2D eigenvalue weighted by molar-refractivity contribution is -0.111. The molecule has 0 unspecified atom stereocenters. The van der Waals surface area contributed by atoms with E-state index < -0.39 is 10.0 Å². The highest BCUT2D eigenvalue weighted by Crippen LogP contribution is 2.36. The molecule has 0 saturated heterocycles. The average molecular weight is 558 g/mol. The number of fused-ring (bicyclic) bond motifs is 1. The van der Waals surface area contributed by atoms with Crippen LogP contribution in [0.1, 0.15) is 26.4 Å². The van der Waals surface area contributed by atoms with Crippen LogP contribution in [0.5, 0.6) is 0 Å². The van der Waals surface area contributed by atoms with Gasteiger partial charge in [0.2, 0.25) is 15.9 Å². The molecule has 2 N–H and O–H groups in total. The molecule has 1 aliphatic rings. The highest BCUT2D eigenvalue weighted by molar-refractivity contribution is 7.89. The lowest BCUT2D eigenvalue weighted by Gasteiger charge is -2.16. The second kappa shape index (κ2) is 11.4. The molecule has 3 aromatic carbocycles. The molecule has 0 radical (unpaired) electrons. The second-order valence-corrected chi connectivity index (χ2v) is 12.2. The van der Waals surface area contributed by atoms with E-state index in [9.17, 15) is 18.0 Å². The Morgan fingerprint density at radius 1 is 0.923 bits per heavy atom. The zero-order valence-electron chi connectivity index (χ0n) is 21.1. The zero-order valence-corrected chi connectivity index (χ0v) is 22.7. The summed E-state index contributed by atoms with van der Waals surface area (Å²) in [6.07, 6.45) is 1.88. The van der Waals surface area contributed by atoms with Crippen molar-refractivity contribution in [2.75, 3.05) is 11.9 Å². The minimum absolute atomic E-state index is 0.132. The van der Waals surface area contributed by atoms with Gasteiger partial charge in [-0.3, -0.25) is 9.59 Å². The number of nitrogens with zero attached hydrogens (tertiary/aromatic N) is 1. The summed E-state index contributed by atoms with van der Waals surface area (Å²) in [5.41, 5.74) is 4.69. The summed E-state index contributed by atoms with van der Waals surface area (Å²) in [6, 6.07) is 26.2. The summed E-state index contributed by atoms with van der Waals surface area (Å²) in [5.74, 6) is -0.557. The second-order valence-electron chi connectivity index (χ2n) is 9.12. The van der Waals surface area contributed by atoms with Crippen LogP contribution in [0.15, 0.2) is 102 Å². The van der Waals surface area contributed by atoms with Gasteiger partial charge in [-0.05, 0) is 65.1 Å². The van der Waals surface area contributed by atoms with Crippen LogP contribution >= 0.6 is 11.3 Å². The number of amides is 2. The van der Waals surface area contributed by atoms with E-state index >= 15 is 0 Å². The van der Waals surface area contributed by atoms with Gasteiger partial charge in [-0.15, -0.1) is 11.3 Å². The van der Waals surface area contributed by atoms with E-state index in [2.05, 4.69) is 53.6 Å². The number of thiophene rings is 1. The molecule has 1 aromatic heterocycles. The number of anilines is 1. The van der Waals surface area contributed by atoms with Gasteiger partial charge in [0.15, 0.2) is 0 Å². The largest absolute Gasteiger partial charge is 0.352 e. The van der Waals surface area contributed by atoms with E-state index in [1.807, 2.05) is 18.2 Å². The Morgan fingerprint density at radius 2 is 1.62 bits per heavy atom. The van der Waals surface area contributed by atoms with E-state index in [0.29, 0.717) is 23.5 Å². The number of hydrogen-bond acceptors (Lipinski definition) is 5. The molecular weight excluding hydrogens is 530 g/mol. The first-order valence-electron chi connectivity index (χ1n) is 12.4. The van der Waals surface area contributed by atoms with Crippen molar-refractivity contribution in [3.8, 4) is 11.1 Å². The highest BCUT2D eigenvalue weighted by atomic mass is 32.2. The van der Waals surface area contributed by atoms with Crippen molar-refractivity contribution < 1.29 is 18.0 Å². The molecule has 2 heterocycles. The lowest BCUT2D eigenvalue weighted by Crippen LogP contribution is -2.27. The van der Waals surface area contributed by atoms with E-state index in [-0.39, 0.29) is 29.8 Å². The van der Waals surface area contributed by atoms with E-state index in [1.165, 1.54) is 46.0 Å². The van der Waals surface area contributed by atoms with Crippen LogP contribution in [0.25, 0.3) is 11.1 Å². The SMILES string of the molecule is C=CC(=O)Nc1cc2c(s1)CN(S(=O)(=O)c1ccc(C(=O)NCCc3ccc(-c4ccccc4)cc3)cc1)C2. The Hall–Kier alpha value is -4.05. The van der Waals surface area contributed by atoms with Crippen LogP contribution in [0.3, 0.4) is 0 Å². The third kappa shape index (κ3) is 6.01. The van der Waals surface area contributed by atoms with Gasteiger partial charge in [-0.1, -0.05) is 61.2 Å². The van der Waals surface area contributed by atoms with E-state index in [1.54, 1.807) is 6.07 Å². The first-order valence-corrected chi connectivity index (χ1v) is 14.7. The van der Waals surface area contributed by atoms with Gasteiger partial charge < -0.3 is 10.6 Å². The Morgan fingerprint density at radius 3 is 2.28 bits per heavy atom. The van der Waals surface area contributed by atoms with Crippen molar-refractivity contribution in [3.05, 3.63) is 119 Å². The van der Waals surface area contributed by atoms with Gasteiger partial charge in [0, 0.05) is 30.1 Å². The topological polar surface area (TPSA) is 95.6 Å². The number of benzene rings is 3. The van der Waals surface area contributed by atoms with Crippen molar-refractivity contribution >= 4 is 38.2 Å². The van der Waals surface area contributed by atoms with Gasteiger partial charge >= 0.3 is 0 Å². The van der Waals surface area contributed by atoms with Crippen molar-refractivity contribution in [1.29, 1.82) is 0 Å². The van der Waals surface area contributed by atoms with Crippen molar-refractivity contribution in [3.63, 3.8) is 0 Å². The zero-order chi connectivity index (χ0) is 27.4. The summed E-state index contributed by atoms with van der Waals surface area (Å²) < 4.78 is 27.8. The van der Waals surface area contributed by atoms with Crippen LogP contribution in [0, 0.1) is 0 Å². The highest BCUT2D eigenvalue weighted by Gasteiger charge is 2.32. The van der Waals surface area contributed by atoms with Crippen LogP contribution in [-0.4, -0.2) is 31.1 Å². The molecule has 198 valence electrons. The normalized spacial score (nSPS) is 13.0. The van der Waals surface area contributed by atoms with Crippen molar-refractivity contribution in [2.45, 2.75) is 24.4 Å². The number of nitrogens with one attached hydrogen (secondary N) is 2. The maximum Gasteiger partial charge on any atom is 0.251 e. The Labute approximate surface area is 231 Å². The molecule has 9 heteroatoms. The van der Waals surface area contributed by atoms with Crippen LogP contribution < -0.4 is 10.6 Å². The Kier molecular flexibility index (Phi) is 7.74. The standard InChI is InChI=1S/C30H27N3O4S2/c1-2-28(34)32-29-18-25-19-33(20-27(25)38-29)39(36,37)26-14-12-24(13-15-26)30(35)31-17-16-21-8-10-23(11-9-21)22-6-4-3-5-7-22/h2-15,18H,1,16-17,19-20H2,(H,31,35)(H,32,34). The Bertz CT molecular complexity index is 1590. The fourth-order valence-corrected chi connectivity index (χ4v) is 6.95. The van der Waals surface area contributed by atoms with Crippen LogP contribution in [-0.2, 0) is 34.3 Å². The Balaban J connectivity index is 1.14. The third-order valence-electron chi connectivity index (χ3n) is 6.51. The smallest absolute Gasteiger partial charge is 0.251 e. The molecule has 1 aliphatic heterocycles. The quantitative estimate of drug-likeness (QED) is 0.276. The molecule has 0 saturated carbocycles. The summed E-state index contributed by atoms with van der Waals surface area (Å²) in [6.45, 7) is 4.37. The summed E-state index contributed by atoms with van der Waals surface area (Å²) in [4.78, 5) is 25.2. The molecule has 5 rings (SSSR count). The molecular formula is C30H27N3O4S2. The number of carbonyl (C=O) groups excluding carboxylic acids is 2. The number of sulfonamides is 1. The fourth-order valence-electron chi connectivity index (χ4n) is 4.39. The van der Waals surface area contributed by atoms with Crippen LogP contribution in [0.2, 0.25) is 0 Å². The summed E-state index contributed by atoms with van der Waals surface area (Å²) in [5, 5.41) is 6.28. The molecule has 7 nitrogen and oxygen atoms in total. The van der Waals surface area contributed by atoms with Crippen LogP contribution in [0.4, 0.5) is 5.00 Å². The fraction of sp³-hybridized carbons (Fsp3) is 0.133. The molecule has 4 aromatic rings. The predicted molar refractivity (Wildman–Crippen MR) is 154 cm³/mol. The number of rotatable bonds is 9. The predicted octanol–water partition coefficient (Wildman–Crippen LogP) is 5.22. The number of hydrogen-bond donors (Lipinski definition) is 2. The van der Waals surface area contributed by atoms with Gasteiger partial charge in [-0.2, -0.15) is 4.31 Å². The minimum Gasteiger partial charge on any atom is -0.352 e. The maximum atomic E-state index is 13.2. The number of carbonyl (C=O) groups is 2. The molecule has 0 atom stereocenters. The monoisotopic (exact) mass is 557 g/mol. The van der Waals surface area contributed by atoms with E-state index in [4.69, 9.17) is 0 Å². The molecule has 39 heavy (non-hydrogen) atoms. The van der Waals surface area contributed by atoms with Gasteiger partial charge in [0.25, 0.3) is 5.91 Å². The summed E-state index contributed by atoms with van der Waals surface area (Å²) >= 11 is 1.35. The maximum absolute atomic E-state index is 13.2. The van der Waals surface area contributed by atoms with Crippen molar-refractivity contribution in [1.82, 2.24) is 9.62 Å². The molecule has 0 fully saturated rings. The first kappa shape index (κ1) is 26.6. The average Bonchev–Trinajstić information content (AvgIpc) is 3.53. The third-order valence-corrected chi connectivity index (χ3v) is 9.39. The van der Waals surface area contributed by atoms with Gasteiger partial charge in [0.05, 0.1) is 9.90 Å². The molecule has 0 aliphatic carbocycles. The molecule has 2 amide bonds. The summed E-state index contributed by atoms with van der Waals surface area (Å²) in [7, 11) is -3.73. The first-order chi connectivity index (χ1) is 18.8. The molecule has 0 spiro atoms. The molecule has 0 bridgehead atoms. The van der Waals surface area contributed by atoms with Crippen molar-refractivity contribution in [2.24, 2.45) is 0 Å².